The molecule has 0 radical (unpaired) electrons. The van der Waals surface area contributed by atoms with E-state index >= 15 is 0 Å². The van der Waals surface area contributed by atoms with Gasteiger partial charge in [0.05, 0.1) is 16.0 Å². The number of hydroxylamine groups is 2. The molecule has 2 aliphatic heterocycles. The monoisotopic (exact) mass is 482 g/mol. The first-order chi connectivity index (χ1) is 16.0. The zero-order valence-electron chi connectivity index (χ0n) is 20.1. The number of nitrogens with zero attached hydrogens (tertiary/aromatic N) is 2. The van der Waals surface area contributed by atoms with Crippen LogP contribution in [0.5, 0.6) is 5.75 Å². The predicted octanol–water partition coefficient (Wildman–Crippen LogP) is 4.13. The Morgan fingerprint density at radius 1 is 1.12 bits per heavy atom. The normalized spacial score (nSPS) is 24.0. The van der Waals surface area contributed by atoms with Gasteiger partial charge in [0.15, 0.2) is 0 Å². The average Bonchev–Trinajstić information content (AvgIpc) is 3.16. The summed E-state index contributed by atoms with van der Waals surface area (Å²) in [4.78, 5) is 13.7. The Balaban J connectivity index is 1.62. The molecule has 8 heteroatoms. The molecule has 34 heavy (non-hydrogen) atoms. The maximum absolute atomic E-state index is 13.6. The molecule has 0 aliphatic carbocycles. The van der Waals surface area contributed by atoms with Crippen molar-refractivity contribution in [3.63, 3.8) is 0 Å². The third kappa shape index (κ3) is 3.47. The molecule has 1 saturated heterocycles. The fourth-order valence-electron chi connectivity index (χ4n) is 5.59. The molecule has 5 rings (SSSR count). The smallest absolute Gasteiger partial charge is 0.313 e. The highest BCUT2D eigenvalue weighted by atomic mass is 32.2. The van der Waals surface area contributed by atoms with Crippen molar-refractivity contribution in [2.75, 3.05) is 6.54 Å². The lowest BCUT2D eigenvalue weighted by atomic mass is 9.73. The van der Waals surface area contributed by atoms with E-state index in [0.29, 0.717) is 24.3 Å². The number of hydrogen-bond donors (Lipinski definition) is 0. The molecule has 1 aromatic heterocycles. The van der Waals surface area contributed by atoms with Crippen LogP contribution in [-0.2, 0) is 21.4 Å². The number of aromatic nitrogens is 1. The SMILES string of the molecule is CCC1[C@@H]2c3c(c4ccccc4n(C)c3=O)OC(C)(C)[C@H]2CN1OS(=O)(=O)c1ccc(C)cc1. The van der Waals surface area contributed by atoms with E-state index in [2.05, 4.69) is 0 Å². The zero-order chi connectivity index (χ0) is 24.4. The van der Waals surface area contributed by atoms with Crippen molar-refractivity contribution < 1.29 is 17.4 Å². The maximum atomic E-state index is 13.6. The van der Waals surface area contributed by atoms with Crippen LogP contribution in [0.3, 0.4) is 0 Å². The van der Waals surface area contributed by atoms with E-state index < -0.39 is 15.7 Å². The first-order valence-corrected chi connectivity index (χ1v) is 13.0. The van der Waals surface area contributed by atoms with Crippen molar-refractivity contribution in [1.82, 2.24) is 9.63 Å². The topological polar surface area (TPSA) is 77.8 Å². The Kier molecular flexibility index (Phi) is 5.39. The highest BCUT2D eigenvalue weighted by molar-refractivity contribution is 7.86. The summed E-state index contributed by atoms with van der Waals surface area (Å²) in [5.41, 5.74) is 1.65. The molecule has 3 aromatic rings. The molecule has 0 bridgehead atoms. The summed E-state index contributed by atoms with van der Waals surface area (Å²) in [6, 6.07) is 14.0. The van der Waals surface area contributed by atoms with Crippen LogP contribution in [0.15, 0.2) is 58.2 Å². The lowest BCUT2D eigenvalue weighted by Gasteiger charge is -2.42. The van der Waals surface area contributed by atoms with Crippen LogP contribution in [0.25, 0.3) is 10.9 Å². The molecular formula is C26H30N2O5S. The van der Waals surface area contributed by atoms with Crippen LogP contribution in [0.1, 0.15) is 44.2 Å². The molecular weight excluding hydrogens is 452 g/mol. The summed E-state index contributed by atoms with van der Waals surface area (Å²) < 4.78 is 40.1. The second-order valence-corrected chi connectivity index (χ2v) is 11.4. The van der Waals surface area contributed by atoms with Crippen LogP contribution in [0.4, 0.5) is 0 Å². The van der Waals surface area contributed by atoms with Gasteiger partial charge in [0.2, 0.25) is 0 Å². The van der Waals surface area contributed by atoms with Gasteiger partial charge in [-0.3, -0.25) is 4.79 Å². The van der Waals surface area contributed by atoms with E-state index in [9.17, 15) is 13.2 Å². The molecule has 0 spiro atoms. The first kappa shape index (κ1) is 23.1. The van der Waals surface area contributed by atoms with Crippen molar-refractivity contribution in [2.24, 2.45) is 13.0 Å². The summed E-state index contributed by atoms with van der Waals surface area (Å²) in [7, 11) is -2.24. The Morgan fingerprint density at radius 2 is 1.79 bits per heavy atom. The van der Waals surface area contributed by atoms with E-state index in [1.807, 2.05) is 52.0 Å². The van der Waals surface area contributed by atoms with Crippen molar-refractivity contribution >= 4 is 21.0 Å². The van der Waals surface area contributed by atoms with Crippen LogP contribution in [0, 0.1) is 12.8 Å². The third-order valence-electron chi connectivity index (χ3n) is 7.40. The van der Waals surface area contributed by atoms with Crippen molar-refractivity contribution in [3.8, 4) is 5.75 Å². The molecule has 3 atom stereocenters. The summed E-state index contributed by atoms with van der Waals surface area (Å²) in [6.45, 7) is 8.25. The van der Waals surface area contributed by atoms with Crippen molar-refractivity contribution in [1.29, 1.82) is 0 Å². The molecule has 1 unspecified atom stereocenters. The number of benzene rings is 2. The van der Waals surface area contributed by atoms with Crippen LogP contribution in [-0.4, -0.2) is 36.2 Å². The average molecular weight is 483 g/mol. The second kappa shape index (κ2) is 7.93. The van der Waals surface area contributed by atoms with Crippen LogP contribution < -0.4 is 10.3 Å². The molecule has 180 valence electrons. The van der Waals surface area contributed by atoms with E-state index in [4.69, 9.17) is 9.02 Å². The molecule has 7 nitrogen and oxygen atoms in total. The molecule has 1 fully saturated rings. The molecule has 3 heterocycles. The molecule has 0 amide bonds. The summed E-state index contributed by atoms with van der Waals surface area (Å²) in [6.07, 6.45) is 0.621. The number of ether oxygens (including phenoxy) is 1. The fraction of sp³-hybridized carbons (Fsp3) is 0.423. The standard InChI is InChI=1S/C26H30N2O5S/c1-6-20-22-19(15-28(20)33-34(30,31)17-13-11-16(2)12-14-17)26(3,4)32-24-18-9-7-8-10-21(18)27(5)25(29)23(22)24/h7-14,19-20,22H,6,15H2,1-5H3/t19-,20?,22+/m0/s1. The van der Waals surface area contributed by atoms with Crippen LogP contribution in [0.2, 0.25) is 0 Å². The number of rotatable bonds is 4. The van der Waals surface area contributed by atoms with Gasteiger partial charge in [-0.1, -0.05) is 36.8 Å². The zero-order valence-corrected chi connectivity index (χ0v) is 20.9. The van der Waals surface area contributed by atoms with E-state index in [1.165, 1.54) is 0 Å². The van der Waals surface area contributed by atoms with E-state index in [0.717, 1.165) is 16.5 Å². The van der Waals surface area contributed by atoms with Gasteiger partial charge in [-0.25, -0.2) is 0 Å². The highest BCUT2D eigenvalue weighted by Gasteiger charge is 2.56. The lowest BCUT2D eigenvalue weighted by Crippen LogP contribution is -2.47. The van der Waals surface area contributed by atoms with Crippen LogP contribution >= 0.6 is 0 Å². The fourth-order valence-corrected chi connectivity index (χ4v) is 6.57. The summed E-state index contributed by atoms with van der Waals surface area (Å²) in [5, 5.41) is 2.44. The summed E-state index contributed by atoms with van der Waals surface area (Å²) >= 11 is 0. The minimum Gasteiger partial charge on any atom is -0.486 e. The predicted molar refractivity (Wildman–Crippen MR) is 130 cm³/mol. The minimum absolute atomic E-state index is 0.110. The van der Waals surface area contributed by atoms with Gasteiger partial charge in [-0.2, -0.15) is 17.8 Å². The van der Waals surface area contributed by atoms with Crippen molar-refractivity contribution in [3.05, 3.63) is 70.0 Å². The van der Waals surface area contributed by atoms with Gasteiger partial charge < -0.3 is 9.30 Å². The van der Waals surface area contributed by atoms with Crippen molar-refractivity contribution in [2.45, 2.75) is 56.6 Å². The molecule has 2 aromatic carbocycles. The quantitative estimate of drug-likeness (QED) is 0.556. The Morgan fingerprint density at radius 3 is 2.47 bits per heavy atom. The van der Waals surface area contributed by atoms with Gasteiger partial charge in [0.1, 0.15) is 11.4 Å². The van der Waals surface area contributed by atoms with E-state index in [-0.39, 0.29) is 28.3 Å². The number of fused-ring (bicyclic) bond motifs is 5. The highest BCUT2D eigenvalue weighted by Crippen LogP contribution is 2.53. The Labute approximate surface area is 200 Å². The summed E-state index contributed by atoms with van der Waals surface area (Å²) in [5.74, 6) is 0.263. The number of aryl methyl sites for hydroxylation is 2. The van der Waals surface area contributed by atoms with Gasteiger partial charge in [-0.05, 0) is 51.5 Å². The number of para-hydroxylation sites is 1. The molecule has 2 aliphatic rings. The Hall–Kier alpha value is -2.68. The van der Waals surface area contributed by atoms with Gasteiger partial charge in [0.25, 0.3) is 5.56 Å². The Bertz CT molecular complexity index is 1430. The molecule has 0 N–H and O–H groups in total. The minimum atomic E-state index is -4.01. The van der Waals surface area contributed by atoms with Gasteiger partial charge in [-0.15, -0.1) is 0 Å². The molecule has 0 saturated carbocycles. The van der Waals surface area contributed by atoms with Gasteiger partial charge in [0, 0.05) is 36.9 Å². The number of hydrogen-bond acceptors (Lipinski definition) is 6. The van der Waals surface area contributed by atoms with E-state index in [1.54, 1.807) is 40.9 Å². The number of pyridine rings is 1. The largest absolute Gasteiger partial charge is 0.486 e. The second-order valence-electron chi connectivity index (χ2n) is 9.88. The first-order valence-electron chi connectivity index (χ1n) is 11.6. The lowest BCUT2D eigenvalue weighted by molar-refractivity contribution is -0.0723. The third-order valence-corrected chi connectivity index (χ3v) is 8.63. The maximum Gasteiger partial charge on any atom is 0.313 e. The van der Waals surface area contributed by atoms with Gasteiger partial charge >= 0.3 is 10.1 Å².